The van der Waals surface area contributed by atoms with Crippen LogP contribution in [0.15, 0.2) is 24.3 Å². The highest BCUT2D eigenvalue weighted by molar-refractivity contribution is 5.76. The topological polar surface area (TPSA) is 32.3 Å². The van der Waals surface area contributed by atoms with Gasteiger partial charge in [-0.1, -0.05) is 12.1 Å². The van der Waals surface area contributed by atoms with Crippen LogP contribution in [0.2, 0.25) is 0 Å². The molecule has 1 fully saturated rings. The van der Waals surface area contributed by atoms with Crippen molar-refractivity contribution in [2.24, 2.45) is 5.92 Å². The molecule has 1 N–H and O–H groups in total. The van der Waals surface area contributed by atoms with Crippen LogP contribution in [0.25, 0.3) is 0 Å². The van der Waals surface area contributed by atoms with E-state index in [1.165, 1.54) is 25.0 Å². The first-order valence-corrected chi connectivity index (χ1v) is 7.92. The van der Waals surface area contributed by atoms with Crippen molar-refractivity contribution in [3.05, 3.63) is 35.6 Å². The van der Waals surface area contributed by atoms with Gasteiger partial charge in [0.25, 0.3) is 0 Å². The van der Waals surface area contributed by atoms with Crippen molar-refractivity contribution >= 4 is 5.91 Å². The van der Waals surface area contributed by atoms with Gasteiger partial charge in [0.2, 0.25) is 5.91 Å². The van der Waals surface area contributed by atoms with Crippen LogP contribution in [0.5, 0.6) is 0 Å². The number of carbonyl (C=O) groups excluding carboxylic acids is 1. The normalized spacial score (nSPS) is 15.9. The number of nitrogens with zero attached hydrogens (tertiary/aromatic N) is 1. The predicted octanol–water partition coefficient (Wildman–Crippen LogP) is 2.95. The molecule has 1 aromatic rings. The second kappa shape index (κ2) is 8.13. The van der Waals surface area contributed by atoms with Crippen molar-refractivity contribution in [1.29, 1.82) is 0 Å². The third-order valence-electron chi connectivity index (χ3n) is 4.22. The Balaban J connectivity index is 1.83. The van der Waals surface area contributed by atoms with E-state index in [-0.39, 0.29) is 11.7 Å². The largest absolute Gasteiger partial charge is 0.339 e. The third-order valence-corrected chi connectivity index (χ3v) is 4.22. The van der Waals surface area contributed by atoms with Gasteiger partial charge < -0.3 is 10.2 Å². The summed E-state index contributed by atoms with van der Waals surface area (Å²) < 4.78 is 13.2. The maximum absolute atomic E-state index is 13.2. The predicted molar refractivity (Wildman–Crippen MR) is 82.3 cm³/mol. The molecule has 4 heteroatoms. The summed E-state index contributed by atoms with van der Waals surface area (Å²) in [5, 5.41) is 3.34. The number of rotatable bonds is 6. The van der Waals surface area contributed by atoms with E-state index in [0.717, 1.165) is 25.1 Å². The van der Waals surface area contributed by atoms with Gasteiger partial charge in [-0.25, -0.2) is 4.39 Å². The van der Waals surface area contributed by atoms with Crippen molar-refractivity contribution in [1.82, 2.24) is 10.2 Å². The van der Waals surface area contributed by atoms with Crippen LogP contribution in [-0.2, 0) is 11.3 Å². The number of halogens is 1. The second-order valence-electron chi connectivity index (χ2n) is 5.77. The van der Waals surface area contributed by atoms with Crippen molar-refractivity contribution in [2.75, 3.05) is 19.6 Å². The summed E-state index contributed by atoms with van der Waals surface area (Å²) in [5.74, 6) is 0.606. The molecule has 0 saturated carbocycles. The van der Waals surface area contributed by atoms with Gasteiger partial charge in [0.15, 0.2) is 0 Å². The fraction of sp³-hybridized carbons (Fsp3) is 0.588. The van der Waals surface area contributed by atoms with Crippen LogP contribution in [0.4, 0.5) is 4.39 Å². The molecular formula is C17H25FN2O. The number of benzene rings is 1. The van der Waals surface area contributed by atoms with Crippen molar-refractivity contribution in [3.63, 3.8) is 0 Å². The smallest absolute Gasteiger partial charge is 0.222 e. The lowest BCUT2D eigenvalue weighted by atomic mass is 9.93. The minimum absolute atomic E-state index is 0.181. The molecule has 0 aliphatic carbocycles. The molecule has 1 aliphatic rings. The molecule has 21 heavy (non-hydrogen) atoms. The van der Waals surface area contributed by atoms with E-state index in [0.29, 0.717) is 25.4 Å². The first kappa shape index (κ1) is 16.0. The van der Waals surface area contributed by atoms with Gasteiger partial charge in [-0.15, -0.1) is 0 Å². The Labute approximate surface area is 126 Å². The van der Waals surface area contributed by atoms with E-state index in [4.69, 9.17) is 0 Å². The van der Waals surface area contributed by atoms with Crippen LogP contribution in [0, 0.1) is 11.7 Å². The summed E-state index contributed by atoms with van der Waals surface area (Å²) in [4.78, 5) is 14.1. The van der Waals surface area contributed by atoms with Crippen molar-refractivity contribution in [3.8, 4) is 0 Å². The second-order valence-corrected chi connectivity index (χ2v) is 5.77. The molecule has 3 nitrogen and oxygen atoms in total. The highest BCUT2D eigenvalue weighted by Gasteiger charge is 2.17. The summed E-state index contributed by atoms with van der Waals surface area (Å²) in [7, 11) is 0. The maximum atomic E-state index is 13.2. The number of hydrogen-bond acceptors (Lipinski definition) is 2. The van der Waals surface area contributed by atoms with Gasteiger partial charge in [-0.05, 0) is 62.9 Å². The zero-order chi connectivity index (χ0) is 15.1. The molecular weight excluding hydrogens is 267 g/mol. The molecule has 0 spiro atoms. The number of carbonyl (C=O) groups is 1. The summed E-state index contributed by atoms with van der Waals surface area (Å²) in [6.45, 7) is 5.28. The monoisotopic (exact) mass is 292 g/mol. The number of piperidine rings is 1. The van der Waals surface area contributed by atoms with Gasteiger partial charge in [0.05, 0.1) is 0 Å². The van der Waals surface area contributed by atoms with Gasteiger partial charge >= 0.3 is 0 Å². The lowest BCUT2D eigenvalue weighted by Gasteiger charge is -2.25. The summed E-state index contributed by atoms with van der Waals surface area (Å²) in [6.07, 6.45) is 3.92. The minimum Gasteiger partial charge on any atom is -0.339 e. The number of nitrogens with one attached hydrogen (secondary N) is 1. The molecule has 2 rings (SSSR count). The van der Waals surface area contributed by atoms with E-state index in [9.17, 15) is 9.18 Å². The average molecular weight is 292 g/mol. The zero-order valence-electron chi connectivity index (χ0n) is 12.8. The molecule has 0 bridgehead atoms. The molecule has 1 heterocycles. The molecule has 116 valence electrons. The first-order chi connectivity index (χ1) is 10.2. The Bertz CT molecular complexity index is 458. The molecule has 1 amide bonds. The highest BCUT2D eigenvalue weighted by atomic mass is 19.1. The van der Waals surface area contributed by atoms with Crippen LogP contribution in [0.3, 0.4) is 0 Å². The van der Waals surface area contributed by atoms with Crippen molar-refractivity contribution in [2.45, 2.75) is 39.2 Å². The van der Waals surface area contributed by atoms with Crippen LogP contribution in [-0.4, -0.2) is 30.4 Å². The Kier molecular flexibility index (Phi) is 6.18. The summed E-state index contributed by atoms with van der Waals surface area (Å²) >= 11 is 0. The van der Waals surface area contributed by atoms with Crippen LogP contribution in [0.1, 0.15) is 38.2 Å². The van der Waals surface area contributed by atoms with Gasteiger partial charge in [-0.3, -0.25) is 4.79 Å². The third kappa shape index (κ3) is 5.12. The standard InChI is InChI=1S/C17H25FN2O/c1-2-20(13-15-4-3-5-16(18)12-15)17(21)7-6-14-8-10-19-11-9-14/h3-5,12,14,19H,2,6-11,13H2,1H3. The van der Waals surface area contributed by atoms with E-state index in [1.54, 1.807) is 6.07 Å². The van der Waals surface area contributed by atoms with Crippen LogP contribution < -0.4 is 5.32 Å². The van der Waals surface area contributed by atoms with E-state index >= 15 is 0 Å². The molecule has 0 atom stereocenters. The average Bonchev–Trinajstić information content (AvgIpc) is 2.51. The Morgan fingerprint density at radius 2 is 2.14 bits per heavy atom. The molecule has 0 radical (unpaired) electrons. The lowest BCUT2D eigenvalue weighted by molar-refractivity contribution is -0.132. The maximum Gasteiger partial charge on any atom is 0.222 e. The molecule has 0 aromatic heterocycles. The zero-order valence-corrected chi connectivity index (χ0v) is 12.8. The number of hydrogen-bond donors (Lipinski definition) is 1. The molecule has 1 aliphatic heterocycles. The lowest BCUT2D eigenvalue weighted by Crippen LogP contribution is -2.32. The SMILES string of the molecule is CCN(Cc1cccc(F)c1)C(=O)CCC1CCNCC1. The fourth-order valence-electron chi connectivity index (χ4n) is 2.89. The van der Waals surface area contributed by atoms with Gasteiger partial charge in [-0.2, -0.15) is 0 Å². The van der Waals surface area contributed by atoms with Crippen LogP contribution >= 0.6 is 0 Å². The Morgan fingerprint density at radius 3 is 2.81 bits per heavy atom. The Hall–Kier alpha value is -1.42. The molecule has 0 unspecified atom stereocenters. The first-order valence-electron chi connectivity index (χ1n) is 7.92. The van der Waals surface area contributed by atoms with Gasteiger partial charge in [0.1, 0.15) is 5.82 Å². The fourth-order valence-corrected chi connectivity index (χ4v) is 2.89. The van der Waals surface area contributed by atoms with Crippen molar-refractivity contribution < 1.29 is 9.18 Å². The summed E-state index contributed by atoms with van der Waals surface area (Å²) in [6, 6.07) is 6.49. The van der Waals surface area contributed by atoms with E-state index in [2.05, 4.69) is 5.32 Å². The Morgan fingerprint density at radius 1 is 1.38 bits per heavy atom. The van der Waals surface area contributed by atoms with Gasteiger partial charge in [0, 0.05) is 19.5 Å². The van der Waals surface area contributed by atoms with E-state index < -0.39 is 0 Å². The molecule has 1 saturated heterocycles. The van der Waals surface area contributed by atoms with E-state index in [1.807, 2.05) is 17.9 Å². The number of amides is 1. The molecule has 1 aromatic carbocycles. The highest BCUT2D eigenvalue weighted by Crippen LogP contribution is 2.19. The quantitative estimate of drug-likeness (QED) is 0.874. The summed E-state index contributed by atoms with van der Waals surface area (Å²) in [5.41, 5.74) is 0.854. The minimum atomic E-state index is -0.245.